The molecule has 0 amide bonds. The van der Waals surface area contributed by atoms with Crippen LogP contribution in [0.1, 0.15) is 51.7 Å². The number of halogens is 2. The highest BCUT2D eigenvalue weighted by molar-refractivity contribution is 9.10. The van der Waals surface area contributed by atoms with Gasteiger partial charge in [0, 0.05) is 15.1 Å². The molecule has 0 unspecified atom stereocenters. The highest BCUT2D eigenvalue weighted by Gasteiger charge is 2.37. The van der Waals surface area contributed by atoms with Gasteiger partial charge >= 0.3 is 0 Å². The van der Waals surface area contributed by atoms with E-state index in [0.29, 0.717) is 0 Å². The van der Waals surface area contributed by atoms with Gasteiger partial charge < -0.3 is 0 Å². The van der Waals surface area contributed by atoms with Crippen LogP contribution in [0, 0.1) is 0 Å². The zero-order valence-corrected chi connectivity index (χ0v) is 16.0. The standard InChI is InChI=1S/C20H22BrCl/c1-19(2)9-10-20(3,4)16-12-17(21)14(11-15(16)19)13-7-5-6-8-18(13)22/h5-8,11-12H,9-10H2,1-4H3. The van der Waals surface area contributed by atoms with E-state index in [2.05, 4.69) is 61.8 Å². The second-order valence-electron chi connectivity index (χ2n) is 7.63. The summed E-state index contributed by atoms with van der Waals surface area (Å²) in [5.41, 5.74) is 5.65. The van der Waals surface area contributed by atoms with Gasteiger partial charge in [-0.25, -0.2) is 0 Å². The van der Waals surface area contributed by atoms with E-state index in [0.717, 1.165) is 15.1 Å². The minimum atomic E-state index is 0.210. The monoisotopic (exact) mass is 376 g/mol. The Balaban J connectivity index is 2.27. The van der Waals surface area contributed by atoms with Crippen molar-refractivity contribution in [3.63, 3.8) is 0 Å². The van der Waals surface area contributed by atoms with Crippen LogP contribution in [0.15, 0.2) is 40.9 Å². The molecule has 0 saturated heterocycles. The molecule has 116 valence electrons. The van der Waals surface area contributed by atoms with Gasteiger partial charge in [-0.15, -0.1) is 0 Å². The summed E-state index contributed by atoms with van der Waals surface area (Å²) in [5.74, 6) is 0. The SMILES string of the molecule is CC1(C)CCC(C)(C)c2cc(-c3ccccc3Cl)c(Br)cc21. The number of hydrogen-bond donors (Lipinski definition) is 0. The predicted octanol–water partition coefficient (Wildman–Crippen LogP) is 7.12. The van der Waals surface area contributed by atoms with Crippen LogP contribution in [0.3, 0.4) is 0 Å². The molecule has 0 heterocycles. The third kappa shape index (κ3) is 2.63. The smallest absolute Gasteiger partial charge is 0.0484 e. The van der Waals surface area contributed by atoms with E-state index in [1.807, 2.05) is 18.2 Å². The van der Waals surface area contributed by atoms with Crippen LogP contribution in [0.4, 0.5) is 0 Å². The Morgan fingerprint density at radius 3 is 2.00 bits per heavy atom. The molecule has 22 heavy (non-hydrogen) atoms. The summed E-state index contributed by atoms with van der Waals surface area (Å²) in [5, 5.41) is 0.802. The molecule has 0 spiro atoms. The molecule has 0 bridgehead atoms. The first-order chi connectivity index (χ1) is 10.2. The van der Waals surface area contributed by atoms with Crippen molar-refractivity contribution >= 4 is 27.5 Å². The third-order valence-electron chi connectivity index (χ3n) is 5.10. The Morgan fingerprint density at radius 1 is 0.864 bits per heavy atom. The molecule has 2 aromatic rings. The zero-order valence-electron chi connectivity index (χ0n) is 13.6. The molecule has 0 fully saturated rings. The van der Waals surface area contributed by atoms with Crippen molar-refractivity contribution in [3.05, 3.63) is 57.0 Å². The highest BCUT2D eigenvalue weighted by Crippen LogP contribution is 2.49. The summed E-state index contributed by atoms with van der Waals surface area (Å²) < 4.78 is 1.13. The molecule has 0 atom stereocenters. The number of fused-ring (bicyclic) bond motifs is 1. The van der Waals surface area contributed by atoms with Gasteiger partial charge in [-0.05, 0) is 58.6 Å². The van der Waals surface area contributed by atoms with Crippen molar-refractivity contribution in [2.45, 2.75) is 51.4 Å². The van der Waals surface area contributed by atoms with Crippen molar-refractivity contribution in [3.8, 4) is 11.1 Å². The molecule has 0 aromatic heterocycles. The lowest BCUT2D eigenvalue weighted by Crippen LogP contribution is -2.33. The van der Waals surface area contributed by atoms with Crippen LogP contribution in [-0.4, -0.2) is 0 Å². The lowest BCUT2D eigenvalue weighted by molar-refractivity contribution is 0.332. The molecule has 2 heteroatoms. The first-order valence-corrected chi connectivity index (χ1v) is 8.99. The minimum absolute atomic E-state index is 0.210. The van der Waals surface area contributed by atoms with Crippen molar-refractivity contribution in [1.29, 1.82) is 0 Å². The third-order valence-corrected chi connectivity index (χ3v) is 6.09. The molecule has 0 radical (unpaired) electrons. The summed E-state index contributed by atoms with van der Waals surface area (Å²) in [4.78, 5) is 0. The fourth-order valence-corrected chi connectivity index (χ4v) is 4.27. The van der Waals surface area contributed by atoms with Gasteiger partial charge in [0.15, 0.2) is 0 Å². The zero-order chi connectivity index (χ0) is 16.1. The molecule has 1 aliphatic carbocycles. The maximum atomic E-state index is 6.42. The summed E-state index contributed by atoms with van der Waals surface area (Å²) >= 11 is 10.2. The summed E-state index contributed by atoms with van der Waals surface area (Å²) in [6.45, 7) is 9.40. The van der Waals surface area contributed by atoms with Crippen molar-refractivity contribution in [2.75, 3.05) is 0 Å². The average Bonchev–Trinajstić information content (AvgIpc) is 2.45. The highest BCUT2D eigenvalue weighted by atomic mass is 79.9. The van der Waals surface area contributed by atoms with Gasteiger partial charge in [0.05, 0.1) is 0 Å². The first kappa shape index (κ1) is 16.1. The van der Waals surface area contributed by atoms with Crippen LogP contribution in [0.2, 0.25) is 5.02 Å². The molecule has 0 aliphatic heterocycles. The van der Waals surface area contributed by atoms with E-state index in [1.54, 1.807) is 0 Å². The van der Waals surface area contributed by atoms with Crippen LogP contribution in [-0.2, 0) is 10.8 Å². The number of benzene rings is 2. The van der Waals surface area contributed by atoms with Gasteiger partial charge in [-0.1, -0.05) is 73.4 Å². The maximum Gasteiger partial charge on any atom is 0.0484 e. The minimum Gasteiger partial charge on any atom is -0.0837 e. The van der Waals surface area contributed by atoms with E-state index in [-0.39, 0.29) is 10.8 Å². The van der Waals surface area contributed by atoms with E-state index in [1.165, 1.54) is 29.5 Å². The van der Waals surface area contributed by atoms with E-state index in [9.17, 15) is 0 Å². The summed E-state index contributed by atoms with van der Waals surface area (Å²) in [6, 6.07) is 12.7. The molecule has 0 N–H and O–H groups in total. The summed E-state index contributed by atoms with van der Waals surface area (Å²) in [6.07, 6.45) is 2.45. The molecule has 0 saturated carbocycles. The molecular weight excluding hydrogens is 356 g/mol. The second kappa shape index (κ2) is 5.39. The van der Waals surface area contributed by atoms with Gasteiger partial charge in [-0.3, -0.25) is 0 Å². The van der Waals surface area contributed by atoms with Gasteiger partial charge in [-0.2, -0.15) is 0 Å². The molecule has 3 rings (SSSR count). The Morgan fingerprint density at radius 2 is 1.41 bits per heavy atom. The van der Waals surface area contributed by atoms with Crippen LogP contribution >= 0.6 is 27.5 Å². The van der Waals surface area contributed by atoms with Crippen LogP contribution in [0.25, 0.3) is 11.1 Å². The number of hydrogen-bond acceptors (Lipinski definition) is 0. The first-order valence-electron chi connectivity index (χ1n) is 7.82. The predicted molar refractivity (Wildman–Crippen MR) is 99.9 cm³/mol. The Kier molecular flexibility index (Phi) is 3.94. The summed E-state index contributed by atoms with van der Waals surface area (Å²) in [7, 11) is 0. The van der Waals surface area contributed by atoms with E-state index >= 15 is 0 Å². The lowest BCUT2D eigenvalue weighted by Gasteiger charge is -2.42. The van der Waals surface area contributed by atoms with Gasteiger partial charge in [0.2, 0.25) is 0 Å². The van der Waals surface area contributed by atoms with Crippen molar-refractivity contribution < 1.29 is 0 Å². The number of rotatable bonds is 1. The second-order valence-corrected chi connectivity index (χ2v) is 8.89. The van der Waals surface area contributed by atoms with Crippen LogP contribution < -0.4 is 0 Å². The van der Waals surface area contributed by atoms with Gasteiger partial charge in [0.1, 0.15) is 0 Å². The van der Waals surface area contributed by atoms with E-state index in [4.69, 9.17) is 11.6 Å². The quantitative estimate of drug-likeness (QED) is 0.496. The van der Waals surface area contributed by atoms with Crippen LogP contribution in [0.5, 0.6) is 0 Å². The molecule has 2 aromatic carbocycles. The fourth-order valence-electron chi connectivity index (χ4n) is 3.47. The average molecular weight is 378 g/mol. The van der Waals surface area contributed by atoms with E-state index < -0.39 is 0 Å². The van der Waals surface area contributed by atoms with Crippen molar-refractivity contribution in [1.82, 2.24) is 0 Å². The maximum absolute atomic E-state index is 6.42. The topological polar surface area (TPSA) is 0 Å². The molecule has 0 nitrogen and oxygen atoms in total. The van der Waals surface area contributed by atoms with Crippen molar-refractivity contribution in [2.24, 2.45) is 0 Å². The Bertz CT molecular complexity index is 728. The Hall–Kier alpha value is -0.790. The normalized spacial score (nSPS) is 18.8. The largest absolute Gasteiger partial charge is 0.0837 e. The Labute approximate surface area is 147 Å². The molecular formula is C20H22BrCl. The lowest BCUT2D eigenvalue weighted by atomic mass is 9.63. The van der Waals surface area contributed by atoms with Gasteiger partial charge in [0.25, 0.3) is 0 Å². The molecule has 1 aliphatic rings. The fraction of sp³-hybridized carbons (Fsp3) is 0.400.